The minimum Gasteiger partial charge on any atom is -0.490 e. The van der Waals surface area contributed by atoms with E-state index in [0.717, 1.165) is 57.6 Å². The zero-order chi connectivity index (χ0) is 33.1. The summed E-state index contributed by atoms with van der Waals surface area (Å²) < 4.78 is 27.4. The maximum atomic E-state index is 14.3. The number of piperidine rings is 1. The molecule has 47 heavy (non-hydrogen) atoms. The van der Waals surface area contributed by atoms with Gasteiger partial charge in [-0.3, -0.25) is 14.7 Å². The van der Waals surface area contributed by atoms with Crippen LogP contribution in [-0.2, 0) is 6.42 Å². The van der Waals surface area contributed by atoms with E-state index in [4.69, 9.17) is 14.5 Å². The van der Waals surface area contributed by atoms with Crippen LogP contribution in [0.5, 0.6) is 17.2 Å². The summed E-state index contributed by atoms with van der Waals surface area (Å²) >= 11 is 0. The lowest BCUT2D eigenvalue weighted by atomic mass is 9.96. The first-order valence-electron chi connectivity index (χ1n) is 17.1. The molecule has 0 bridgehead atoms. The van der Waals surface area contributed by atoms with E-state index in [1.807, 2.05) is 27.0 Å². The van der Waals surface area contributed by atoms with Gasteiger partial charge in [0.25, 0.3) is 5.91 Å². The lowest BCUT2D eigenvalue weighted by molar-refractivity contribution is 0.0713. The van der Waals surface area contributed by atoms with E-state index in [0.29, 0.717) is 30.2 Å². The largest absolute Gasteiger partial charge is 0.490 e. The lowest BCUT2D eigenvalue weighted by Gasteiger charge is -2.38. The van der Waals surface area contributed by atoms with Crippen LogP contribution in [0.25, 0.3) is 0 Å². The van der Waals surface area contributed by atoms with Crippen molar-refractivity contribution in [2.45, 2.75) is 83.5 Å². The summed E-state index contributed by atoms with van der Waals surface area (Å²) in [6, 6.07) is 7.04. The van der Waals surface area contributed by atoms with Gasteiger partial charge < -0.3 is 24.2 Å². The Labute approximate surface area is 277 Å². The molecule has 1 amide bonds. The SMILES string of the molecule is CCN(C(=O)c1cc(F)ccc1Oc1cncnc1N1CCC(Oc2ccnc3c2[C@@H]2CC[C@H](CCN(C)C)N2CC3)CC1)C(C)C. The molecule has 0 spiro atoms. The fourth-order valence-electron chi connectivity index (χ4n) is 7.45. The van der Waals surface area contributed by atoms with E-state index in [9.17, 15) is 9.18 Å². The number of anilines is 1. The Bertz CT molecular complexity index is 1540. The standard InChI is InChI=1S/C36H48FN7O3/c1-6-43(24(2)3)36(45)28-21-25(37)7-10-31(28)47-33-22-38-23-40-35(33)42-18-13-27(14-19-42)46-32-11-16-39-29-15-20-44-26(12-17-41(4)5)8-9-30(44)34(29)32/h7,10-11,16,21-24,26-27,30H,6,8-9,12-15,17-20H2,1-5H3/t26-,30+/m1/s1. The number of pyridine rings is 1. The van der Waals surface area contributed by atoms with E-state index in [1.165, 1.54) is 48.6 Å². The van der Waals surface area contributed by atoms with Crippen LogP contribution in [0.4, 0.5) is 10.2 Å². The van der Waals surface area contributed by atoms with Gasteiger partial charge in [-0.25, -0.2) is 14.4 Å². The number of carbonyl (C=O) groups is 1. The number of nitrogens with zero attached hydrogens (tertiary/aromatic N) is 7. The maximum Gasteiger partial charge on any atom is 0.257 e. The van der Waals surface area contributed by atoms with Gasteiger partial charge in [-0.2, -0.15) is 0 Å². The first-order chi connectivity index (χ1) is 22.7. The van der Waals surface area contributed by atoms with E-state index in [1.54, 1.807) is 11.1 Å². The van der Waals surface area contributed by atoms with Gasteiger partial charge in [0, 0.05) is 75.3 Å². The summed E-state index contributed by atoms with van der Waals surface area (Å²) in [5, 5.41) is 0. The third-order valence-corrected chi connectivity index (χ3v) is 9.84. The van der Waals surface area contributed by atoms with Gasteiger partial charge in [0.15, 0.2) is 11.6 Å². The Morgan fingerprint density at radius 3 is 2.60 bits per heavy atom. The molecule has 0 unspecified atom stereocenters. The van der Waals surface area contributed by atoms with Crippen LogP contribution in [0.2, 0.25) is 0 Å². The van der Waals surface area contributed by atoms with Crippen molar-refractivity contribution >= 4 is 11.7 Å². The molecule has 2 atom stereocenters. The molecule has 252 valence electrons. The van der Waals surface area contributed by atoms with Crippen molar-refractivity contribution in [1.29, 1.82) is 0 Å². The molecular weight excluding hydrogens is 597 g/mol. The monoisotopic (exact) mass is 645 g/mol. The Morgan fingerprint density at radius 2 is 1.85 bits per heavy atom. The Hall–Kier alpha value is -3.83. The van der Waals surface area contributed by atoms with Crippen molar-refractivity contribution < 1.29 is 18.7 Å². The van der Waals surface area contributed by atoms with Crippen LogP contribution in [0.1, 0.15) is 80.5 Å². The molecule has 3 aromatic rings. The van der Waals surface area contributed by atoms with Gasteiger partial charge in [-0.1, -0.05) is 0 Å². The van der Waals surface area contributed by atoms with Crippen LogP contribution in [-0.4, -0.2) is 101 Å². The predicted molar refractivity (Wildman–Crippen MR) is 180 cm³/mol. The van der Waals surface area contributed by atoms with Crippen molar-refractivity contribution in [1.82, 2.24) is 29.7 Å². The number of aromatic nitrogens is 3. The van der Waals surface area contributed by atoms with Crippen molar-refractivity contribution in [2.75, 3.05) is 51.7 Å². The highest BCUT2D eigenvalue weighted by molar-refractivity contribution is 5.97. The zero-order valence-corrected chi connectivity index (χ0v) is 28.4. The second-order valence-electron chi connectivity index (χ2n) is 13.4. The normalized spacial score (nSPS) is 20.0. The minimum absolute atomic E-state index is 0.0393. The molecular formula is C36H48FN7O3. The average molecular weight is 646 g/mol. The van der Waals surface area contributed by atoms with Crippen LogP contribution >= 0.6 is 0 Å². The molecule has 0 aliphatic carbocycles. The third kappa shape index (κ3) is 7.21. The van der Waals surface area contributed by atoms with Gasteiger partial charge in [0.2, 0.25) is 0 Å². The van der Waals surface area contributed by atoms with E-state index in [-0.39, 0.29) is 29.4 Å². The molecule has 2 saturated heterocycles. The van der Waals surface area contributed by atoms with E-state index >= 15 is 0 Å². The maximum absolute atomic E-state index is 14.3. The number of carbonyl (C=O) groups excluding carboxylic acids is 1. The highest BCUT2D eigenvalue weighted by Crippen LogP contribution is 2.45. The molecule has 2 aromatic heterocycles. The van der Waals surface area contributed by atoms with Crippen molar-refractivity contribution in [3.8, 4) is 17.2 Å². The van der Waals surface area contributed by atoms with Crippen molar-refractivity contribution in [2.24, 2.45) is 0 Å². The van der Waals surface area contributed by atoms with Crippen LogP contribution in [0.3, 0.4) is 0 Å². The van der Waals surface area contributed by atoms with Gasteiger partial charge in [-0.05, 0) is 84.9 Å². The fraction of sp³-hybridized carbons (Fsp3) is 0.556. The molecule has 3 aliphatic rings. The number of halogens is 1. The van der Waals surface area contributed by atoms with E-state index in [2.05, 4.69) is 44.8 Å². The third-order valence-electron chi connectivity index (χ3n) is 9.84. The van der Waals surface area contributed by atoms with Crippen molar-refractivity contribution in [3.63, 3.8) is 0 Å². The first kappa shape index (κ1) is 33.1. The summed E-state index contributed by atoms with van der Waals surface area (Å²) in [4.78, 5) is 35.8. The molecule has 2 fully saturated rings. The molecule has 3 aliphatic heterocycles. The molecule has 6 rings (SSSR count). The first-order valence-corrected chi connectivity index (χ1v) is 17.1. The summed E-state index contributed by atoms with van der Waals surface area (Å²) in [5.74, 6) is 1.55. The predicted octanol–water partition coefficient (Wildman–Crippen LogP) is 5.73. The molecule has 5 heterocycles. The number of rotatable bonds is 11. The summed E-state index contributed by atoms with van der Waals surface area (Å²) in [6.07, 6.45) is 11.2. The number of fused-ring (bicyclic) bond motifs is 3. The Morgan fingerprint density at radius 1 is 1.04 bits per heavy atom. The number of benzene rings is 1. The fourth-order valence-corrected chi connectivity index (χ4v) is 7.45. The smallest absolute Gasteiger partial charge is 0.257 e. The number of ether oxygens (including phenoxy) is 2. The minimum atomic E-state index is -0.493. The van der Waals surface area contributed by atoms with Gasteiger partial charge in [0.1, 0.15) is 29.7 Å². The van der Waals surface area contributed by atoms with Crippen LogP contribution in [0, 0.1) is 5.82 Å². The molecule has 1 aromatic carbocycles. The van der Waals surface area contributed by atoms with Crippen LogP contribution in [0.15, 0.2) is 43.0 Å². The average Bonchev–Trinajstić information content (AvgIpc) is 3.48. The number of amides is 1. The quantitative estimate of drug-likeness (QED) is 0.259. The van der Waals surface area contributed by atoms with Crippen LogP contribution < -0.4 is 14.4 Å². The molecule has 11 heteroatoms. The molecule has 10 nitrogen and oxygen atoms in total. The number of hydrogen-bond acceptors (Lipinski definition) is 9. The zero-order valence-electron chi connectivity index (χ0n) is 28.4. The van der Waals surface area contributed by atoms with Gasteiger partial charge >= 0.3 is 0 Å². The summed E-state index contributed by atoms with van der Waals surface area (Å²) in [7, 11) is 4.30. The summed E-state index contributed by atoms with van der Waals surface area (Å²) in [5.41, 5.74) is 2.66. The molecule has 0 N–H and O–H groups in total. The topological polar surface area (TPSA) is 87.2 Å². The van der Waals surface area contributed by atoms with E-state index < -0.39 is 5.82 Å². The lowest BCUT2D eigenvalue weighted by Crippen LogP contribution is -2.40. The molecule has 0 radical (unpaired) electrons. The molecule has 0 saturated carbocycles. The van der Waals surface area contributed by atoms with Gasteiger partial charge in [0.05, 0.1) is 17.5 Å². The summed E-state index contributed by atoms with van der Waals surface area (Å²) in [6.45, 7) is 9.90. The highest BCUT2D eigenvalue weighted by Gasteiger charge is 2.40. The Kier molecular flexibility index (Phi) is 10.2. The highest BCUT2D eigenvalue weighted by atomic mass is 19.1. The second-order valence-corrected chi connectivity index (χ2v) is 13.4. The number of hydrogen-bond donors (Lipinski definition) is 0. The Balaban J connectivity index is 1.14. The van der Waals surface area contributed by atoms with Gasteiger partial charge in [-0.15, -0.1) is 0 Å². The van der Waals surface area contributed by atoms with Crippen molar-refractivity contribution in [3.05, 3.63) is 65.6 Å². The second kappa shape index (κ2) is 14.5.